The first kappa shape index (κ1) is 19.0. The van der Waals surface area contributed by atoms with E-state index >= 15 is 0 Å². The van der Waals surface area contributed by atoms with Crippen molar-refractivity contribution in [3.8, 4) is 0 Å². The summed E-state index contributed by atoms with van der Waals surface area (Å²) in [4.78, 5) is 4.39. The van der Waals surface area contributed by atoms with E-state index in [2.05, 4.69) is 9.71 Å². The fourth-order valence-corrected chi connectivity index (χ4v) is 5.06. The van der Waals surface area contributed by atoms with Crippen molar-refractivity contribution in [1.29, 1.82) is 0 Å². The lowest BCUT2D eigenvalue weighted by atomic mass is 9.92. The molecule has 0 spiro atoms. The normalized spacial score (nSPS) is 15.7. The highest BCUT2D eigenvalue weighted by Crippen LogP contribution is 2.28. The Bertz CT molecular complexity index is 1130. The molecule has 2 aromatic carbocycles. The fraction of sp³-hybridized carbons (Fsp3) is 0.350. The number of rotatable bonds is 5. The Balaban J connectivity index is 1.67. The van der Waals surface area contributed by atoms with Gasteiger partial charge in [-0.1, -0.05) is 18.2 Å². The summed E-state index contributed by atoms with van der Waals surface area (Å²) < 4.78 is 56.3. The Labute approximate surface area is 162 Å². The summed E-state index contributed by atoms with van der Waals surface area (Å²) in [5.74, 6) is -0.0160. The zero-order chi connectivity index (χ0) is 19.9. The first-order valence-electron chi connectivity index (χ1n) is 9.26. The van der Waals surface area contributed by atoms with Gasteiger partial charge in [0.25, 0.3) is 0 Å². The predicted molar refractivity (Wildman–Crippen MR) is 103 cm³/mol. The molecular weight excluding hydrogens is 384 g/mol. The van der Waals surface area contributed by atoms with Gasteiger partial charge in [0.05, 0.1) is 22.0 Å². The molecule has 148 valence electrons. The maximum atomic E-state index is 13.6. The van der Waals surface area contributed by atoms with E-state index in [0.717, 1.165) is 35.8 Å². The number of alkyl halides is 2. The average Bonchev–Trinajstić information content (AvgIpc) is 3.07. The largest absolute Gasteiger partial charge is 0.320 e. The van der Waals surface area contributed by atoms with Gasteiger partial charge in [-0.25, -0.2) is 18.1 Å². The van der Waals surface area contributed by atoms with Crippen LogP contribution in [0.1, 0.15) is 49.3 Å². The molecule has 1 atom stereocenters. The molecule has 0 fully saturated rings. The van der Waals surface area contributed by atoms with Crippen LogP contribution in [-0.2, 0) is 22.9 Å². The van der Waals surface area contributed by atoms with Crippen LogP contribution >= 0.6 is 0 Å². The number of fused-ring (bicyclic) bond motifs is 2. The van der Waals surface area contributed by atoms with Crippen LogP contribution in [0, 0.1) is 0 Å². The standard InChI is InChI=1S/C20H21F2N3O2S/c1-13(19-23-17-8-4-5-9-18(17)25(19)20(21)22)24-28(26,27)16-11-10-14-6-2-3-7-15(14)12-16/h4-5,8-13,20,24H,2-3,6-7H2,1H3/t13-/m0/s1. The van der Waals surface area contributed by atoms with Gasteiger partial charge in [0.15, 0.2) is 0 Å². The molecule has 0 aliphatic heterocycles. The molecule has 28 heavy (non-hydrogen) atoms. The van der Waals surface area contributed by atoms with E-state index < -0.39 is 22.6 Å². The Hall–Kier alpha value is -2.32. The fourth-order valence-electron chi connectivity index (χ4n) is 3.80. The Morgan fingerprint density at radius 3 is 2.54 bits per heavy atom. The van der Waals surface area contributed by atoms with Crippen LogP contribution < -0.4 is 4.72 Å². The van der Waals surface area contributed by atoms with Crippen LogP contribution in [0.15, 0.2) is 47.4 Å². The van der Waals surface area contributed by atoms with Gasteiger partial charge in [-0.15, -0.1) is 0 Å². The first-order chi connectivity index (χ1) is 13.4. The number of hydrogen-bond acceptors (Lipinski definition) is 3. The third kappa shape index (κ3) is 3.42. The van der Waals surface area contributed by atoms with Crippen LogP contribution in [0.2, 0.25) is 0 Å². The average molecular weight is 405 g/mol. The molecule has 5 nitrogen and oxygen atoms in total. The highest BCUT2D eigenvalue weighted by atomic mass is 32.2. The number of para-hydroxylation sites is 2. The number of nitrogens with zero attached hydrogens (tertiary/aromatic N) is 2. The summed E-state index contributed by atoms with van der Waals surface area (Å²) in [6.45, 7) is -1.30. The lowest BCUT2D eigenvalue weighted by Crippen LogP contribution is -2.29. The second kappa shape index (κ2) is 7.25. The van der Waals surface area contributed by atoms with Gasteiger partial charge in [0, 0.05) is 0 Å². The van der Waals surface area contributed by atoms with Crippen LogP contribution in [-0.4, -0.2) is 18.0 Å². The van der Waals surface area contributed by atoms with Crippen LogP contribution in [0.4, 0.5) is 8.78 Å². The zero-order valence-electron chi connectivity index (χ0n) is 15.4. The van der Waals surface area contributed by atoms with Gasteiger partial charge in [0.1, 0.15) is 5.82 Å². The van der Waals surface area contributed by atoms with Gasteiger partial charge in [-0.2, -0.15) is 8.78 Å². The number of aryl methyl sites for hydroxylation is 2. The summed E-state index contributed by atoms with van der Waals surface area (Å²) >= 11 is 0. The van der Waals surface area contributed by atoms with E-state index in [1.54, 1.807) is 36.4 Å². The minimum absolute atomic E-state index is 0.0160. The molecule has 3 aromatic rings. The zero-order valence-corrected chi connectivity index (χ0v) is 16.2. The van der Waals surface area contributed by atoms with E-state index in [9.17, 15) is 17.2 Å². The molecule has 1 aliphatic carbocycles. The van der Waals surface area contributed by atoms with Crippen molar-refractivity contribution in [1.82, 2.24) is 14.3 Å². The van der Waals surface area contributed by atoms with Crippen molar-refractivity contribution in [2.24, 2.45) is 0 Å². The van der Waals surface area contributed by atoms with Gasteiger partial charge in [-0.3, -0.25) is 4.57 Å². The van der Waals surface area contributed by atoms with E-state index in [1.807, 2.05) is 6.07 Å². The number of nitrogens with one attached hydrogen (secondary N) is 1. The number of aromatic nitrogens is 2. The molecule has 0 radical (unpaired) electrons. The Kier molecular flexibility index (Phi) is 4.93. The van der Waals surface area contributed by atoms with E-state index in [0.29, 0.717) is 5.52 Å². The van der Waals surface area contributed by atoms with Gasteiger partial charge >= 0.3 is 6.55 Å². The quantitative estimate of drug-likeness (QED) is 0.686. The maximum Gasteiger partial charge on any atom is 0.320 e. The van der Waals surface area contributed by atoms with Crippen molar-refractivity contribution in [2.75, 3.05) is 0 Å². The highest BCUT2D eigenvalue weighted by Gasteiger charge is 2.26. The minimum atomic E-state index is -3.87. The SMILES string of the molecule is C[C@H](NS(=O)(=O)c1ccc2c(c1)CCCC2)c1nc2ccccc2n1C(F)F. The molecule has 8 heteroatoms. The van der Waals surface area contributed by atoms with E-state index in [4.69, 9.17) is 0 Å². The number of hydrogen-bond donors (Lipinski definition) is 1. The number of sulfonamides is 1. The van der Waals surface area contributed by atoms with Crippen molar-refractivity contribution >= 4 is 21.1 Å². The minimum Gasteiger partial charge on any atom is -0.269 e. The highest BCUT2D eigenvalue weighted by molar-refractivity contribution is 7.89. The molecule has 4 rings (SSSR count). The van der Waals surface area contributed by atoms with Gasteiger partial charge in [-0.05, 0) is 68.0 Å². The van der Waals surface area contributed by atoms with Crippen LogP contribution in [0.25, 0.3) is 11.0 Å². The molecule has 0 bridgehead atoms. The Morgan fingerprint density at radius 1 is 1.07 bits per heavy atom. The van der Waals surface area contributed by atoms with Crippen molar-refractivity contribution < 1.29 is 17.2 Å². The molecule has 0 unspecified atom stereocenters. The van der Waals surface area contributed by atoms with E-state index in [1.165, 1.54) is 12.5 Å². The molecular formula is C20H21F2N3O2S. The van der Waals surface area contributed by atoms with Gasteiger partial charge < -0.3 is 0 Å². The van der Waals surface area contributed by atoms with Crippen LogP contribution in [0.5, 0.6) is 0 Å². The lowest BCUT2D eigenvalue weighted by Gasteiger charge is -2.19. The van der Waals surface area contributed by atoms with Crippen molar-refractivity contribution in [3.63, 3.8) is 0 Å². The maximum absolute atomic E-state index is 13.6. The molecule has 1 aliphatic rings. The molecule has 1 heterocycles. The Morgan fingerprint density at radius 2 is 1.79 bits per heavy atom. The monoisotopic (exact) mass is 405 g/mol. The molecule has 0 saturated carbocycles. The van der Waals surface area contributed by atoms with Gasteiger partial charge in [0.2, 0.25) is 10.0 Å². The topological polar surface area (TPSA) is 64.0 Å². The second-order valence-electron chi connectivity index (χ2n) is 7.09. The number of benzene rings is 2. The molecule has 0 amide bonds. The van der Waals surface area contributed by atoms with Crippen LogP contribution in [0.3, 0.4) is 0 Å². The predicted octanol–water partition coefficient (Wildman–Crippen LogP) is 4.35. The molecule has 0 saturated heterocycles. The third-order valence-electron chi connectivity index (χ3n) is 5.17. The summed E-state index contributed by atoms with van der Waals surface area (Å²) in [5.41, 5.74) is 2.89. The van der Waals surface area contributed by atoms with Crippen molar-refractivity contribution in [3.05, 3.63) is 59.4 Å². The summed E-state index contributed by atoms with van der Waals surface area (Å²) in [6.07, 6.45) is 3.96. The molecule has 1 N–H and O–H groups in total. The molecule has 1 aromatic heterocycles. The number of halogens is 2. The third-order valence-corrected chi connectivity index (χ3v) is 6.71. The van der Waals surface area contributed by atoms with Crippen molar-refractivity contribution in [2.45, 2.75) is 50.1 Å². The second-order valence-corrected chi connectivity index (χ2v) is 8.80. The van der Waals surface area contributed by atoms with E-state index in [-0.39, 0.29) is 16.2 Å². The lowest BCUT2D eigenvalue weighted by molar-refractivity contribution is 0.0702. The summed E-state index contributed by atoms with van der Waals surface area (Å²) in [7, 11) is -3.87. The summed E-state index contributed by atoms with van der Waals surface area (Å²) in [5, 5.41) is 0. The first-order valence-corrected chi connectivity index (χ1v) is 10.7. The smallest absolute Gasteiger partial charge is 0.269 e. The summed E-state index contributed by atoms with van der Waals surface area (Å²) in [6, 6.07) is 10.7. The number of imidazole rings is 1.